The molecule has 6 rings (SSSR count). The number of hydrogen-bond acceptors (Lipinski definition) is 10. The van der Waals surface area contributed by atoms with Crippen molar-refractivity contribution in [2.24, 2.45) is 10.8 Å². The first-order chi connectivity index (χ1) is 33.2. The van der Waals surface area contributed by atoms with E-state index in [4.69, 9.17) is 18.9 Å². The number of carbonyl (C=O) groups excluding carboxylic acids is 1. The van der Waals surface area contributed by atoms with Crippen molar-refractivity contribution in [1.29, 1.82) is 0 Å². The van der Waals surface area contributed by atoms with Crippen LogP contribution in [0.4, 0.5) is 26.3 Å². The van der Waals surface area contributed by atoms with Crippen molar-refractivity contribution in [1.82, 2.24) is 29.5 Å². The van der Waals surface area contributed by atoms with Crippen molar-refractivity contribution >= 4 is 20.0 Å². The van der Waals surface area contributed by atoms with E-state index in [0.29, 0.717) is 40.6 Å². The number of nitrogens with zero attached hydrogens (tertiary/aromatic N) is 5. The third-order valence-corrected chi connectivity index (χ3v) is 12.6. The molecule has 2 aromatic carbocycles. The lowest BCUT2D eigenvalue weighted by Gasteiger charge is -2.28. The number of carboxylic acid groups (broad SMARTS) is 1. The van der Waals surface area contributed by atoms with Gasteiger partial charge in [0.25, 0.3) is 0 Å². The number of carboxylic acids is 1. The average Bonchev–Trinajstić information content (AvgIpc) is 3.96. The highest BCUT2D eigenvalue weighted by Crippen LogP contribution is 2.34. The SMILES string of the molecule is Cc1cc(-c2ccc(-c3nc(C(F)(F)F)cn3COCC[Si](C)(C)C)cn2)ccc1OCC(C)(C)C(=O)OC(C)(C)C.Cc1cc(-c2ccc(-c3ncc(C(F)(F)F)[nH]3)cn2)ccc1OCC(C)(C)C(=O)O. The van der Waals surface area contributed by atoms with Gasteiger partial charge in [0, 0.05) is 55.5 Å². The molecule has 0 aliphatic carbocycles. The molecule has 388 valence electrons. The zero-order valence-electron chi connectivity index (χ0n) is 42.5. The summed E-state index contributed by atoms with van der Waals surface area (Å²) in [4.78, 5) is 42.4. The molecule has 0 bridgehead atoms. The van der Waals surface area contributed by atoms with Crippen LogP contribution in [-0.2, 0) is 38.1 Å². The number of ether oxygens (including phenoxy) is 4. The number of nitrogens with one attached hydrogen (secondary N) is 1. The maximum Gasteiger partial charge on any atom is 0.434 e. The molecular formula is C52H62F6N6O7Si. The quantitative estimate of drug-likeness (QED) is 0.0387. The van der Waals surface area contributed by atoms with E-state index in [9.17, 15) is 41.0 Å². The van der Waals surface area contributed by atoms with Gasteiger partial charge in [-0.05, 0) is 140 Å². The van der Waals surface area contributed by atoms with Gasteiger partial charge in [0.05, 0.1) is 28.4 Å². The van der Waals surface area contributed by atoms with Gasteiger partial charge in [-0.1, -0.05) is 19.6 Å². The van der Waals surface area contributed by atoms with Crippen molar-refractivity contribution in [3.63, 3.8) is 0 Å². The number of H-pyrrole nitrogens is 1. The van der Waals surface area contributed by atoms with Crippen LogP contribution in [0.5, 0.6) is 11.5 Å². The standard InChI is InChI=1S/C31H42F3N3O4Si.C21H20F3N3O3/c1-21-16-22(11-13-25(21)40-19-30(5,6)28(38)41-29(2,3)4)24-12-10-23(17-35-24)27-36-26(31(32,33)34)18-37(27)20-39-14-15-42(7,8)9;1-12-8-13(5-7-16(12)30-11-20(2,3)19(28)29)15-6-4-14(9-25-15)18-26-10-17(27-18)21(22,23)24/h10-13,16-18H,14-15,19-20H2,1-9H3;4-10H,11H2,1-3H3,(H,26,27)(H,28,29). The predicted molar refractivity (Wildman–Crippen MR) is 264 cm³/mol. The molecule has 0 spiro atoms. The summed E-state index contributed by atoms with van der Waals surface area (Å²) in [5, 5.41) is 9.18. The predicted octanol–water partition coefficient (Wildman–Crippen LogP) is 13.0. The van der Waals surface area contributed by atoms with Gasteiger partial charge in [0.2, 0.25) is 0 Å². The second kappa shape index (κ2) is 22.1. The summed E-state index contributed by atoms with van der Waals surface area (Å²) in [6.45, 7) is 23.2. The molecule has 72 heavy (non-hydrogen) atoms. The number of pyridine rings is 2. The highest BCUT2D eigenvalue weighted by atomic mass is 28.3. The van der Waals surface area contributed by atoms with E-state index in [1.54, 1.807) is 64.1 Å². The Morgan fingerprint density at radius 2 is 1.19 bits per heavy atom. The maximum atomic E-state index is 13.5. The van der Waals surface area contributed by atoms with E-state index >= 15 is 0 Å². The summed E-state index contributed by atoms with van der Waals surface area (Å²) in [7, 11) is -1.34. The van der Waals surface area contributed by atoms with Crippen LogP contribution in [0.1, 0.15) is 71.0 Å². The third kappa shape index (κ3) is 15.7. The Bertz CT molecular complexity index is 2810. The highest BCUT2D eigenvalue weighted by molar-refractivity contribution is 6.76. The molecule has 0 amide bonds. The fraction of sp³-hybridized carbons (Fsp3) is 0.423. The van der Waals surface area contributed by atoms with Crippen LogP contribution in [0, 0.1) is 24.7 Å². The minimum absolute atomic E-state index is 0.0263. The number of aromatic amines is 1. The summed E-state index contributed by atoms with van der Waals surface area (Å²) in [5.41, 5.74) is 1.07. The molecule has 20 heteroatoms. The molecule has 0 aliphatic heterocycles. The summed E-state index contributed by atoms with van der Waals surface area (Å²) < 4.78 is 103. The number of imidazole rings is 2. The van der Waals surface area contributed by atoms with Crippen molar-refractivity contribution in [3.05, 3.63) is 108 Å². The largest absolute Gasteiger partial charge is 0.492 e. The molecular weight excluding hydrogens is 963 g/mol. The minimum Gasteiger partial charge on any atom is -0.492 e. The molecule has 13 nitrogen and oxygen atoms in total. The van der Waals surface area contributed by atoms with Gasteiger partial charge >= 0.3 is 24.3 Å². The molecule has 0 fully saturated rings. The number of alkyl halides is 6. The zero-order valence-corrected chi connectivity index (χ0v) is 43.5. The molecule has 0 saturated carbocycles. The Morgan fingerprint density at radius 3 is 1.62 bits per heavy atom. The lowest BCUT2D eigenvalue weighted by Crippen LogP contribution is -2.37. The van der Waals surface area contributed by atoms with E-state index in [1.165, 1.54) is 17.0 Å². The van der Waals surface area contributed by atoms with Crippen molar-refractivity contribution in [3.8, 4) is 56.8 Å². The van der Waals surface area contributed by atoms with Gasteiger partial charge < -0.3 is 33.6 Å². The number of hydrogen-bond donors (Lipinski definition) is 2. The Kier molecular flexibility index (Phi) is 17.3. The van der Waals surface area contributed by atoms with Crippen molar-refractivity contribution < 1.29 is 60.0 Å². The van der Waals surface area contributed by atoms with Crippen molar-refractivity contribution in [2.75, 3.05) is 19.8 Å². The molecule has 0 unspecified atom stereocenters. The fourth-order valence-electron chi connectivity index (χ4n) is 6.43. The topological polar surface area (TPSA) is 164 Å². The monoisotopic (exact) mass is 1020 g/mol. The molecule has 0 radical (unpaired) electrons. The highest BCUT2D eigenvalue weighted by Gasteiger charge is 2.36. The number of esters is 1. The van der Waals surface area contributed by atoms with Crippen LogP contribution in [0.15, 0.2) is 85.5 Å². The average molecular weight is 1030 g/mol. The number of aliphatic carboxylic acids is 1. The molecule has 0 atom stereocenters. The van der Waals surface area contributed by atoms with Gasteiger partial charge in [-0.25, -0.2) is 9.97 Å². The van der Waals surface area contributed by atoms with E-state index in [-0.39, 0.29) is 37.6 Å². The molecule has 6 aromatic rings. The van der Waals surface area contributed by atoms with Gasteiger partial charge in [-0.15, -0.1) is 0 Å². The van der Waals surface area contributed by atoms with Crippen molar-refractivity contribution in [2.45, 2.75) is 113 Å². The molecule has 4 heterocycles. The van der Waals surface area contributed by atoms with E-state index < -0.39 is 54.2 Å². The van der Waals surface area contributed by atoms with E-state index in [1.807, 2.05) is 58.9 Å². The first-order valence-corrected chi connectivity index (χ1v) is 26.6. The summed E-state index contributed by atoms with van der Waals surface area (Å²) in [5.74, 6) is 0.140. The molecule has 4 aromatic heterocycles. The van der Waals surface area contributed by atoms with Crippen LogP contribution >= 0.6 is 0 Å². The lowest BCUT2D eigenvalue weighted by molar-refractivity contribution is -0.167. The zero-order chi connectivity index (χ0) is 53.6. The Hall–Kier alpha value is -6.54. The number of benzene rings is 2. The third-order valence-electron chi connectivity index (χ3n) is 10.9. The number of carbonyl (C=O) groups is 2. The summed E-state index contributed by atoms with van der Waals surface area (Å²) in [6, 6.07) is 18.6. The molecule has 0 aliphatic rings. The Balaban J connectivity index is 0.000000282. The first kappa shape index (κ1) is 56.4. The van der Waals surface area contributed by atoms with Crippen LogP contribution in [0.25, 0.3) is 45.3 Å². The first-order valence-electron chi connectivity index (χ1n) is 22.9. The van der Waals surface area contributed by atoms with E-state index in [2.05, 4.69) is 44.6 Å². The van der Waals surface area contributed by atoms with Crippen LogP contribution < -0.4 is 9.47 Å². The van der Waals surface area contributed by atoms with Crippen LogP contribution in [0.2, 0.25) is 25.7 Å². The normalized spacial score (nSPS) is 12.5. The van der Waals surface area contributed by atoms with Gasteiger partial charge in [-0.2, -0.15) is 26.3 Å². The molecule has 0 saturated heterocycles. The summed E-state index contributed by atoms with van der Waals surface area (Å²) >= 11 is 0. The summed E-state index contributed by atoms with van der Waals surface area (Å²) in [6.07, 6.45) is -4.38. The number of aryl methyl sites for hydroxylation is 2. The second-order valence-corrected chi connectivity index (χ2v) is 26.5. The van der Waals surface area contributed by atoms with Crippen LogP contribution in [0.3, 0.4) is 0 Å². The maximum absolute atomic E-state index is 13.5. The van der Waals surface area contributed by atoms with Crippen LogP contribution in [-0.4, -0.2) is 80.0 Å². The number of aromatic nitrogens is 6. The fourth-order valence-corrected chi connectivity index (χ4v) is 7.19. The molecule has 2 N–H and O–H groups in total. The Labute approximate surface area is 416 Å². The van der Waals surface area contributed by atoms with Gasteiger partial charge in [0.15, 0.2) is 5.69 Å². The minimum atomic E-state index is -4.57. The number of halogens is 6. The van der Waals surface area contributed by atoms with E-state index in [0.717, 1.165) is 40.7 Å². The van der Waals surface area contributed by atoms with Gasteiger partial charge in [-0.3, -0.25) is 19.6 Å². The van der Waals surface area contributed by atoms with Gasteiger partial charge in [0.1, 0.15) is 54.4 Å². The lowest BCUT2D eigenvalue weighted by atomic mass is 9.94. The smallest absolute Gasteiger partial charge is 0.434 e. The number of rotatable bonds is 17. The second-order valence-electron chi connectivity index (χ2n) is 20.9. The Morgan fingerprint density at radius 1 is 0.681 bits per heavy atom.